The minimum Gasteiger partial charge on any atom is -0.315 e. The number of para-hydroxylation sites is 2. The summed E-state index contributed by atoms with van der Waals surface area (Å²) in [6, 6.07) is 83.7. The number of allylic oxidation sites excluding steroid dienone is 2. The fourth-order valence-electron chi connectivity index (χ4n) is 12.7. The van der Waals surface area contributed by atoms with E-state index in [0.717, 1.165) is 24.2 Å². The van der Waals surface area contributed by atoms with E-state index >= 15 is 0 Å². The summed E-state index contributed by atoms with van der Waals surface area (Å²) in [6.45, 7) is 4.92. The van der Waals surface area contributed by atoms with E-state index < -0.39 is 5.41 Å². The van der Waals surface area contributed by atoms with Crippen LogP contribution in [-0.4, -0.2) is 0 Å². The highest BCUT2D eigenvalue weighted by atomic mass is 15.2. The summed E-state index contributed by atoms with van der Waals surface area (Å²) in [6.07, 6.45) is 4.80. The molecule has 9 aromatic carbocycles. The minimum atomic E-state index is -0.535. The van der Waals surface area contributed by atoms with Gasteiger partial charge in [-0.25, -0.2) is 0 Å². The Labute approximate surface area is 388 Å². The molecule has 3 unspecified atom stereocenters. The lowest BCUT2D eigenvalue weighted by Crippen LogP contribution is -2.30. The van der Waals surface area contributed by atoms with Gasteiger partial charge in [0.15, 0.2) is 0 Å². The molecule has 0 radical (unpaired) electrons. The summed E-state index contributed by atoms with van der Waals surface area (Å²) in [5.41, 5.74) is 22.7. The summed E-state index contributed by atoms with van der Waals surface area (Å²) in [5.74, 6) is 0.956. The molecule has 316 valence electrons. The van der Waals surface area contributed by atoms with Gasteiger partial charge in [0.05, 0.1) is 11.1 Å². The van der Waals surface area contributed by atoms with Crippen LogP contribution in [0.2, 0.25) is 0 Å². The molecule has 0 saturated carbocycles. The van der Waals surface area contributed by atoms with Crippen LogP contribution in [-0.2, 0) is 10.8 Å². The van der Waals surface area contributed by atoms with E-state index in [1.165, 1.54) is 84.0 Å². The molecule has 9 aromatic rings. The Balaban J connectivity index is 1.02. The quantitative estimate of drug-likeness (QED) is 0.158. The molecule has 0 fully saturated rings. The fourth-order valence-corrected chi connectivity index (χ4v) is 12.7. The van der Waals surface area contributed by atoms with E-state index in [2.05, 4.69) is 254 Å². The van der Waals surface area contributed by atoms with Crippen molar-refractivity contribution in [2.45, 2.75) is 43.4 Å². The highest BCUT2D eigenvalue weighted by Gasteiger charge is 2.53. The van der Waals surface area contributed by atoms with E-state index in [-0.39, 0.29) is 5.41 Å². The van der Waals surface area contributed by atoms with Crippen LogP contribution in [0.15, 0.2) is 236 Å². The third kappa shape index (κ3) is 5.61. The van der Waals surface area contributed by atoms with Gasteiger partial charge in [0, 0.05) is 34.0 Å². The first kappa shape index (κ1) is 38.8. The van der Waals surface area contributed by atoms with Gasteiger partial charge in [-0.3, -0.25) is 0 Å². The van der Waals surface area contributed by atoms with Crippen LogP contribution in [0.1, 0.15) is 66.0 Å². The molecule has 1 spiro atoms. The van der Waals surface area contributed by atoms with Crippen molar-refractivity contribution in [2.75, 3.05) is 9.80 Å². The van der Waals surface area contributed by atoms with Gasteiger partial charge in [0.2, 0.25) is 0 Å². The molecule has 3 atom stereocenters. The van der Waals surface area contributed by atoms with Crippen molar-refractivity contribution in [2.24, 2.45) is 5.92 Å². The van der Waals surface area contributed by atoms with Crippen molar-refractivity contribution in [1.29, 1.82) is 0 Å². The standard InChI is InChI=1S/C64H50N2/c1-63(2)55-28-15-12-25-50(55)52-39-37-48(41-59(52)63)65(45-21-8-4-9-22-45)49-38-40-53-51-26-13-16-29-56(51)64(60(53)42-49)57-30-17-14-27-54(57)62-58(64)31-18-32-61(62)66(46-23-10-5-11-24-46)47-35-33-44(34-36-47)43-19-6-3-7-20-43/h3-36,38,40-42,52,59H,37,39H2,1-2H3. The molecule has 0 bridgehead atoms. The van der Waals surface area contributed by atoms with Crippen molar-refractivity contribution in [3.8, 4) is 33.4 Å². The van der Waals surface area contributed by atoms with Gasteiger partial charge in [-0.05, 0) is 146 Å². The summed E-state index contributed by atoms with van der Waals surface area (Å²) in [5, 5.41) is 0. The molecule has 0 amide bonds. The number of nitrogens with zero attached hydrogens (tertiary/aromatic N) is 2. The first-order chi connectivity index (χ1) is 32.5. The van der Waals surface area contributed by atoms with Crippen LogP contribution in [0.5, 0.6) is 0 Å². The molecule has 0 N–H and O–H groups in total. The lowest BCUT2D eigenvalue weighted by Gasteiger charge is -2.38. The Bertz CT molecular complexity index is 3350. The Morgan fingerprint density at radius 3 is 1.67 bits per heavy atom. The topological polar surface area (TPSA) is 6.48 Å². The lowest BCUT2D eigenvalue weighted by atomic mass is 9.70. The van der Waals surface area contributed by atoms with E-state index in [1.54, 1.807) is 5.56 Å². The zero-order chi connectivity index (χ0) is 44.0. The second kappa shape index (κ2) is 14.9. The fraction of sp³-hybridized carbons (Fsp3) is 0.125. The molecule has 0 saturated heterocycles. The van der Waals surface area contributed by atoms with Crippen molar-refractivity contribution in [3.05, 3.63) is 270 Å². The number of anilines is 5. The molecule has 66 heavy (non-hydrogen) atoms. The monoisotopic (exact) mass is 846 g/mol. The lowest BCUT2D eigenvalue weighted by molar-refractivity contribution is 0.341. The van der Waals surface area contributed by atoms with Gasteiger partial charge < -0.3 is 9.80 Å². The predicted octanol–water partition coefficient (Wildman–Crippen LogP) is 16.7. The second-order valence-corrected chi connectivity index (χ2v) is 19.2. The predicted molar refractivity (Wildman–Crippen MR) is 274 cm³/mol. The van der Waals surface area contributed by atoms with Crippen LogP contribution in [0.3, 0.4) is 0 Å². The zero-order valence-corrected chi connectivity index (χ0v) is 37.4. The maximum Gasteiger partial charge on any atom is 0.0727 e. The Morgan fingerprint density at radius 1 is 0.409 bits per heavy atom. The van der Waals surface area contributed by atoms with Crippen LogP contribution in [0.4, 0.5) is 28.4 Å². The molecule has 4 aliphatic carbocycles. The van der Waals surface area contributed by atoms with E-state index in [9.17, 15) is 0 Å². The van der Waals surface area contributed by atoms with Gasteiger partial charge in [-0.2, -0.15) is 0 Å². The van der Waals surface area contributed by atoms with Crippen LogP contribution >= 0.6 is 0 Å². The zero-order valence-electron chi connectivity index (χ0n) is 37.4. The third-order valence-electron chi connectivity index (χ3n) is 15.5. The van der Waals surface area contributed by atoms with Crippen molar-refractivity contribution >= 4 is 28.4 Å². The highest BCUT2D eigenvalue weighted by Crippen LogP contribution is 2.65. The maximum atomic E-state index is 2.65. The first-order valence-corrected chi connectivity index (χ1v) is 23.7. The third-order valence-corrected chi connectivity index (χ3v) is 15.5. The largest absolute Gasteiger partial charge is 0.315 e. The number of benzene rings is 9. The van der Waals surface area contributed by atoms with Crippen LogP contribution in [0.25, 0.3) is 33.4 Å². The number of fused-ring (bicyclic) bond motifs is 13. The number of hydrogen-bond acceptors (Lipinski definition) is 2. The Kier molecular flexibility index (Phi) is 8.77. The van der Waals surface area contributed by atoms with Crippen molar-refractivity contribution in [1.82, 2.24) is 0 Å². The van der Waals surface area contributed by atoms with Gasteiger partial charge in [-0.15, -0.1) is 0 Å². The molecule has 0 aromatic heterocycles. The summed E-state index contributed by atoms with van der Waals surface area (Å²) in [4.78, 5) is 5.05. The number of rotatable bonds is 7. The van der Waals surface area contributed by atoms with Crippen LogP contribution in [0, 0.1) is 5.92 Å². The summed E-state index contributed by atoms with van der Waals surface area (Å²) < 4.78 is 0. The van der Waals surface area contributed by atoms with Gasteiger partial charge in [0.1, 0.15) is 0 Å². The molecular weight excluding hydrogens is 797 g/mol. The second-order valence-electron chi connectivity index (χ2n) is 19.2. The SMILES string of the molecule is CC1(C)c2ccccc2C2CCC(N(c3ccccc3)c3ccc4c(c3)C3(c5ccccc5-4)c4ccccc4-c4c(N(c5ccccc5)c5ccc(-c6ccccc6)cc5)cccc43)=CC21. The van der Waals surface area contributed by atoms with Gasteiger partial charge in [0.25, 0.3) is 0 Å². The Hall–Kier alpha value is -7.68. The molecular formula is C64H50N2. The first-order valence-electron chi connectivity index (χ1n) is 23.7. The number of hydrogen-bond donors (Lipinski definition) is 0. The minimum absolute atomic E-state index is 0.0471. The normalized spacial score (nSPS) is 18.9. The molecule has 2 heteroatoms. The smallest absolute Gasteiger partial charge is 0.0727 e. The van der Waals surface area contributed by atoms with Crippen LogP contribution < -0.4 is 9.80 Å². The molecule has 4 aliphatic rings. The average Bonchev–Trinajstić information content (AvgIpc) is 3.94. The van der Waals surface area contributed by atoms with E-state index in [4.69, 9.17) is 0 Å². The summed E-state index contributed by atoms with van der Waals surface area (Å²) >= 11 is 0. The van der Waals surface area contributed by atoms with Crippen molar-refractivity contribution < 1.29 is 0 Å². The van der Waals surface area contributed by atoms with Gasteiger partial charge >= 0.3 is 0 Å². The highest BCUT2D eigenvalue weighted by molar-refractivity contribution is 6.01. The average molecular weight is 847 g/mol. The molecule has 0 heterocycles. The van der Waals surface area contributed by atoms with E-state index in [0.29, 0.717) is 11.8 Å². The molecule has 0 aliphatic heterocycles. The molecule has 2 nitrogen and oxygen atoms in total. The Morgan fingerprint density at radius 2 is 0.939 bits per heavy atom. The maximum absolute atomic E-state index is 2.65. The van der Waals surface area contributed by atoms with E-state index in [1.807, 2.05) is 0 Å². The summed E-state index contributed by atoms with van der Waals surface area (Å²) in [7, 11) is 0. The van der Waals surface area contributed by atoms with Gasteiger partial charge in [-0.1, -0.05) is 190 Å². The van der Waals surface area contributed by atoms with Crippen molar-refractivity contribution in [3.63, 3.8) is 0 Å². The molecule has 13 rings (SSSR count).